The average molecular weight is 342 g/mol. The standard InChI is InChI=1S/C15H31N3O.2ClH/c1-4-9-17(10-5-2)11-6-7-15(19)18-12-8-16-14(3)13-18;;/h14,16H,4-13H2,1-3H3;2*1H. The summed E-state index contributed by atoms with van der Waals surface area (Å²) in [5.74, 6) is 0.335. The highest BCUT2D eigenvalue weighted by molar-refractivity contribution is 5.85. The highest BCUT2D eigenvalue weighted by Gasteiger charge is 2.19. The average Bonchev–Trinajstić information content (AvgIpc) is 2.39. The molecular weight excluding hydrogens is 309 g/mol. The van der Waals surface area contributed by atoms with Crippen LogP contribution in [0.3, 0.4) is 0 Å². The SMILES string of the molecule is CCCN(CCC)CCCC(=O)N1CCNC(C)C1.Cl.Cl. The van der Waals surface area contributed by atoms with Crippen LogP contribution < -0.4 is 5.32 Å². The van der Waals surface area contributed by atoms with Crippen molar-refractivity contribution in [1.29, 1.82) is 0 Å². The topological polar surface area (TPSA) is 35.6 Å². The Balaban J connectivity index is 0. The maximum absolute atomic E-state index is 12.1. The molecule has 1 heterocycles. The molecule has 1 aliphatic rings. The first kappa shape index (κ1) is 23.2. The summed E-state index contributed by atoms with van der Waals surface area (Å²) < 4.78 is 0. The Labute approximate surface area is 142 Å². The van der Waals surface area contributed by atoms with E-state index in [4.69, 9.17) is 0 Å². The molecule has 1 fully saturated rings. The minimum absolute atomic E-state index is 0. The van der Waals surface area contributed by atoms with Gasteiger partial charge in [-0.1, -0.05) is 13.8 Å². The fraction of sp³-hybridized carbons (Fsp3) is 0.933. The first-order chi connectivity index (χ1) is 9.17. The van der Waals surface area contributed by atoms with Crippen LogP contribution in [-0.2, 0) is 4.79 Å². The summed E-state index contributed by atoms with van der Waals surface area (Å²) in [6.45, 7) is 12.6. The number of nitrogens with one attached hydrogen (secondary N) is 1. The molecule has 21 heavy (non-hydrogen) atoms. The molecular formula is C15H33Cl2N3O. The number of hydrogen-bond donors (Lipinski definition) is 1. The van der Waals surface area contributed by atoms with E-state index in [1.807, 2.05) is 4.90 Å². The van der Waals surface area contributed by atoms with E-state index >= 15 is 0 Å². The number of carbonyl (C=O) groups excluding carboxylic acids is 1. The van der Waals surface area contributed by atoms with Gasteiger partial charge in [-0.25, -0.2) is 0 Å². The zero-order valence-corrected chi connectivity index (χ0v) is 15.4. The Bertz CT molecular complexity index is 261. The molecule has 1 amide bonds. The molecule has 1 rings (SSSR count). The normalized spacial score (nSPS) is 18.1. The Kier molecular flexibility index (Phi) is 15.1. The highest BCUT2D eigenvalue weighted by Crippen LogP contribution is 2.05. The third-order valence-electron chi connectivity index (χ3n) is 3.67. The van der Waals surface area contributed by atoms with Crippen LogP contribution in [-0.4, -0.2) is 61.0 Å². The minimum Gasteiger partial charge on any atom is -0.340 e. The third kappa shape index (κ3) is 9.56. The Morgan fingerprint density at radius 2 is 1.81 bits per heavy atom. The molecule has 1 aliphatic heterocycles. The van der Waals surface area contributed by atoms with Crippen LogP contribution in [0.5, 0.6) is 0 Å². The summed E-state index contributed by atoms with van der Waals surface area (Å²) in [5, 5.41) is 3.37. The van der Waals surface area contributed by atoms with Gasteiger partial charge in [0.1, 0.15) is 0 Å². The van der Waals surface area contributed by atoms with Gasteiger partial charge >= 0.3 is 0 Å². The van der Waals surface area contributed by atoms with Gasteiger partial charge in [0.25, 0.3) is 0 Å². The molecule has 0 aliphatic carbocycles. The molecule has 1 atom stereocenters. The molecule has 0 saturated carbocycles. The molecule has 0 radical (unpaired) electrons. The number of carbonyl (C=O) groups is 1. The molecule has 0 aromatic rings. The fourth-order valence-corrected chi connectivity index (χ4v) is 2.74. The quantitative estimate of drug-likeness (QED) is 0.736. The highest BCUT2D eigenvalue weighted by atomic mass is 35.5. The second-order valence-corrected chi connectivity index (χ2v) is 5.64. The summed E-state index contributed by atoms with van der Waals surface area (Å²) in [4.78, 5) is 16.6. The number of halogens is 2. The van der Waals surface area contributed by atoms with Crippen molar-refractivity contribution in [1.82, 2.24) is 15.1 Å². The van der Waals surface area contributed by atoms with E-state index in [1.54, 1.807) is 0 Å². The van der Waals surface area contributed by atoms with E-state index < -0.39 is 0 Å². The zero-order valence-electron chi connectivity index (χ0n) is 13.8. The van der Waals surface area contributed by atoms with Gasteiger partial charge in [-0.3, -0.25) is 4.79 Å². The largest absolute Gasteiger partial charge is 0.340 e. The number of hydrogen-bond acceptors (Lipinski definition) is 3. The summed E-state index contributed by atoms with van der Waals surface area (Å²) >= 11 is 0. The monoisotopic (exact) mass is 341 g/mol. The van der Waals surface area contributed by atoms with E-state index in [0.29, 0.717) is 18.4 Å². The van der Waals surface area contributed by atoms with Crippen LogP contribution in [0.4, 0.5) is 0 Å². The lowest BCUT2D eigenvalue weighted by Gasteiger charge is -2.32. The second-order valence-electron chi connectivity index (χ2n) is 5.64. The lowest BCUT2D eigenvalue weighted by Crippen LogP contribution is -2.51. The second kappa shape index (κ2) is 13.6. The first-order valence-electron chi connectivity index (χ1n) is 7.90. The van der Waals surface area contributed by atoms with Gasteiger partial charge in [0.2, 0.25) is 5.91 Å². The summed E-state index contributed by atoms with van der Waals surface area (Å²) in [5.41, 5.74) is 0. The first-order valence-corrected chi connectivity index (χ1v) is 7.90. The smallest absolute Gasteiger partial charge is 0.222 e. The maximum Gasteiger partial charge on any atom is 0.222 e. The molecule has 4 nitrogen and oxygen atoms in total. The Morgan fingerprint density at radius 3 is 2.33 bits per heavy atom. The lowest BCUT2D eigenvalue weighted by atomic mass is 10.2. The molecule has 1 saturated heterocycles. The van der Waals surface area contributed by atoms with Crippen molar-refractivity contribution in [3.05, 3.63) is 0 Å². The number of piperazine rings is 1. The fourth-order valence-electron chi connectivity index (χ4n) is 2.74. The van der Waals surface area contributed by atoms with E-state index in [9.17, 15) is 4.79 Å². The summed E-state index contributed by atoms with van der Waals surface area (Å²) in [6, 6.07) is 0.439. The van der Waals surface area contributed by atoms with Gasteiger partial charge in [-0.05, 0) is 45.8 Å². The van der Waals surface area contributed by atoms with Crippen LogP contribution in [0.25, 0.3) is 0 Å². The van der Waals surface area contributed by atoms with E-state index in [0.717, 1.165) is 45.7 Å². The van der Waals surface area contributed by atoms with E-state index in [2.05, 4.69) is 31.0 Å². The van der Waals surface area contributed by atoms with E-state index in [-0.39, 0.29) is 24.8 Å². The summed E-state index contributed by atoms with van der Waals surface area (Å²) in [7, 11) is 0. The predicted molar refractivity (Wildman–Crippen MR) is 94.8 cm³/mol. The van der Waals surface area contributed by atoms with Crippen molar-refractivity contribution in [3.8, 4) is 0 Å². The summed E-state index contributed by atoms with van der Waals surface area (Å²) in [6.07, 6.45) is 4.10. The number of rotatable bonds is 8. The van der Waals surface area contributed by atoms with Gasteiger partial charge in [0, 0.05) is 32.1 Å². The van der Waals surface area contributed by atoms with Crippen LogP contribution in [0, 0.1) is 0 Å². The number of amides is 1. The van der Waals surface area contributed by atoms with Crippen LogP contribution in [0.2, 0.25) is 0 Å². The van der Waals surface area contributed by atoms with Gasteiger partial charge in [0.05, 0.1) is 0 Å². The lowest BCUT2D eigenvalue weighted by molar-refractivity contribution is -0.132. The molecule has 6 heteroatoms. The molecule has 0 bridgehead atoms. The van der Waals surface area contributed by atoms with Crippen molar-refractivity contribution in [2.75, 3.05) is 39.3 Å². The van der Waals surface area contributed by atoms with Crippen molar-refractivity contribution in [3.63, 3.8) is 0 Å². The Hall–Kier alpha value is -0.0300. The van der Waals surface area contributed by atoms with Gasteiger partial charge in [-0.2, -0.15) is 0 Å². The maximum atomic E-state index is 12.1. The Morgan fingerprint density at radius 1 is 1.19 bits per heavy atom. The molecule has 1 N–H and O–H groups in total. The van der Waals surface area contributed by atoms with Crippen molar-refractivity contribution in [2.24, 2.45) is 0 Å². The zero-order chi connectivity index (χ0) is 14.1. The molecule has 1 unspecified atom stereocenters. The van der Waals surface area contributed by atoms with Crippen LogP contribution >= 0.6 is 24.8 Å². The molecule has 0 aromatic heterocycles. The van der Waals surface area contributed by atoms with Crippen LogP contribution in [0.15, 0.2) is 0 Å². The van der Waals surface area contributed by atoms with Crippen molar-refractivity contribution < 1.29 is 4.79 Å². The molecule has 0 spiro atoms. The molecule has 0 aromatic carbocycles. The van der Waals surface area contributed by atoms with Gasteiger partial charge in [0.15, 0.2) is 0 Å². The van der Waals surface area contributed by atoms with Gasteiger partial charge < -0.3 is 15.1 Å². The van der Waals surface area contributed by atoms with E-state index in [1.165, 1.54) is 12.8 Å². The van der Waals surface area contributed by atoms with Crippen molar-refractivity contribution >= 4 is 30.7 Å². The van der Waals surface area contributed by atoms with Crippen molar-refractivity contribution in [2.45, 2.75) is 52.5 Å². The van der Waals surface area contributed by atoms with Crippen LogP contribution in [0.1, 0.15) is 46.5 Å². The third-order valence-corrected chi connectivity index (χ3v) is 3.67. The minimum atomic E-state index is 0. The predicted octanol–water partition coefficient (Wildman–Crippen LogP) is 2.55. The van der Waals surface area contributed by atoms with Gasteiger partial charge in [-0.15, -0.1) is 24.8 Å². The molecule has 128 valence electrons. The number of nitrogens with zero attached hydrogens (tertiary/aromatic N) is 2.